The van der Waals surface area contributed by atoms with Crippen molar-refractivity contribution in [2.45, 2.75) is 20.3 Å². The normalized spacial score (nSPS) is 14.5. The van der Waals surface area contributed by atoms with Crippen molar-refractivity contribution in [1.29, 1.82) is 0 Å². The Morgan fingerprint density at radius 1 is 1.12 bits per heavy atom. The van der Waals surface area contributed by atoms with E-state index in [1.807, 2.05) is 24.0 Å². The van der Waals surface area contributed by atoms with E-state index < -0.39 is 0 Å². The van der Waals surface area contributed by atoms with Gasteiger partial charge in [-0.15, -0.1) is 0 Å². The summed E-state index contributed by atoms with van der Waals surface area (Å²) in [5.41, 5.74) is 2.25. The molecule has 1 aromatic carbocycles. The molecule has 1 N–H and O–H groups in total. The lowest BCUT2D eigenvalue weighted by atomic mass is 10.1. The summed E-state index contributed by atoms with van der Waals surface area (Å²) in [6, 6.07) is 12.4. The number of aromatic nitrogens is 2. The Kier molecular flexibility index (Phi) is 5.48. The number of carbonyl (C=O) groups is 1. The SMILES string of the molecule is CC(=O)N1CCN(c2nc(C)cc(NCCc3ccccc3)n2)CC1. The van der Waals surface area contributed by atoms with Gasteiger partial charge in [-0.3, -0.25) is 4.79 Å². The average Bonchev–Trinajstić information content (AvgIpc) is 2.62. The second kappa shape index (κ2) is 7.96. The van der Waals surface area contributed by atoms with Crippen molar-refractivity contribution in [3.05, 3.63) is 47.7 Å². The van der Waals surface area contributed by atoms with Gasteiger partial charge in [0.2, 0.25) is 11.9 Å². The zero-order chi connectivity index (χ0) is 17.6. The molecule has 1 aliphatic heterocycles. The molecule has 132 valence electrons. The largest absolute Gasteiger partial charge is 0.370 e. The van der Waals surface area contributed by atoms with E-state index in [1.165, 1.54) is 5.56 Å². The summed E-state index contributed by atoms with van der Waals surface area (Å²) in [6.07, 6.45) is 0.955. The van der Waals surface area contributed by atoms with Crippen LogP contribution in [0.5, 0.6) is 0 Å². The fraction of sp³-hybridized carbons (Fsp3) is 0.421. The molecule has 6 nitrogen and oxygen atoms in total. The van der Waals surface area contributed by atoms with Gasteiger partial charge in [0.15, 0.2) is 0 Å². The molecule has 6 heteroatoms. The number of nitrogens with zero attached hydrogens (tertiary/aromatic N) is 4. The van der Waals surface area contributed by atoms with Crippen LogP contribution in [-0.2, 0) is 11.2 Å². The number of anilines is 2. The fourth-order valence-electron chi connectivity index (χ4n) is 2.99. The Hall–Kier alpha value is -2.63. The van der Waals surface area contributed by atoms with Gasteiger partial charge >= 0.3 is 0 Å². The molecule has 0 spiro atoms. The number of aryl methyl sites for hydroxylation is 1. The average molecular weight is 339 g/mol. The van der Waals surface area contributed by atoms with Crippen molar-refractivity contribution in [2.75, 3.05) is 42.9 Å². The Morgan fingerprint density at radius 3 is 2.52 bits per heavy atom. The highest BCUT2D eigenvalue weighted by molar-refractivity contribution is 5.73. The second-order valence-corrected chi connectivity index (χ2v) is 6.35. The van der Waals surface area contributed by atoms with Crippen molar-refractivity contribution < 1.29 is 4.79 Å². The first-order chi connectivity index (χ1) is 12.1. The van der Waals surface area contributed by atoms with Gasteiger partial charge in [0.1, 0.15) is 5.82 Å². The van der Waals surface area contributed by atoms with Crippen LogP contribution in [0.15, 0.2) is 36.4 Å². The molecule has 0 aliphatic carbocycles. The van der Waals surface area contributed by atoms with E-state index in [9.17, 15) is 4.79 Å². The van der Waals surface area contributed by atoms with Crippen LogP contribution in [0.3, 0.4) is 0 Å². The van der Waals surface area contributed by atoms with Crippen LogP contribution >= 0.6 is 0 Å². The van der Waals surface area contributed by atoms with Crippen LogP contribution in [0.25, 0.3) is 0 Å². The minimum Gasteiger partial charge on any atom is -0.370 e. The van der Waals surface area contributed by atoms with Crippen molar-refractivity contribution in [3.63, 3.8) is 0 Å². The van der Waals surface area contributed by atoms with E-state index in [4.69, 9.17) is 0 Å². The summed E-state index contributed by atoms with van der Waals surface area (Å²) in [5.74, 6) is 1.73. The maximum atomic E-state index is 11.5. The van der Waals surface area contributed by atoms with E-state index in [-0.39, 0.29) is 5.91 Å². The third-order valence-corrected chi connectivity index (χ3v) is 4.41. The maximum absolute atomic E-state index is 11.5. The van der Waals surface area contributed by atoms with Gasteiger partial charge in [-0.05, 0) is 18.9 Å². The highest BCUT2D eigenvalue weighted by Gasteiger charge is 2.20. The third kappa shape index (κ3) is 4.68. The Bertz CT molecular complexity index is 711. The standard InChI is InChI=1S/C19H25N5O/c1-15-14-18(20-9-8-17-6-4-3-5-7-17)22-19(21-15)24-12-10-23(11-13-24)16(2)25/h3-7,14H,8-13H2,1-2H3,(H,20,21,22). The number of nitrogens with one attached hydrogen (secondary N) is 1. The molecule has 0 saturated carbocycles. The molecule has 1 saturated heterocycles. The van der Waals surface area contributed by atoms with Crippen LogP contribution in [0.1, 0.15) is 18.2 Å². The van der Waals surface area contributed by atoms with Gasteiger partial charge in [0.25, 0.3) is 0 Å². The predicted molar refractivity (Wildman–Crippen MR) is 99.9 cm³/mol. The fourth-order valence-corrected chi connectivity index (χ4v) is 2.99. The predicted octanol–water partition coefficient (Wildman–Crippen LogP) is 2.11. The van der Waals surface area contributed by atoms with Gasteiger partial charge in [-0.2, -0.15) is 4.98 Å². The number of amides is 1. The minimum atomic E-state index is 0.132. The molecule has 1 aliphatic rings. The first-order valence-electron chi connectivity index (χ1n) is 8.76. The van der Waals surface area contributed by atoms with Crippen molar-refractivity contribution in [2.24, 2.45) is 0 Å². The van der Waals surface area contributed by atoms with Gasteiger partial charge in [-0.25, -0.2) is 4.98 Å². The molecule has 0 unspecified atom stereocenters. The zero-order valence-electron chi connectivity index (χ0n) is 14.9. The van der Waals surface area contributed by atoms with E-state index in [2.05, 4.69) is 44.5 Å². The van der Waals surface area contributed by atoms with Crippen LogP contribution in [0.2, 0.25) is 0 Å². The lowest BCUT2D eigenvalue weighted by Gasteiger charge is -2.34. The number of piperazine rings is 1. The Morgan fingerprint density at radius 2 is 1.84 bits per heavy atom. The first-order valence-corrected chi connectivity index (χ1v) is 8.76. The number of hydrogen-bond acceptors (Lipinski definition) is 5. The Balaban J connectivity index is 1.60. The van der Waals surface area contributed by atoms with Gasteiger partial charge < -0.3 is 15.1 Å². The lowest BCUT2D eigenvalue weighted by Crippen LogP contribution is -2.48. The summed E-state index contributed by atoms with van der Waals surface area (Å²) in [7, 11) is 0. The van der Waals surface area contributed by atoms with Crippen LogP contribution in [0, 0.1) is 6.92 Å². The smallest absolute Gasteiger partial charge is 0.227 e. The summed E-state index contributed by atoms with van der Waals surface area (Å²) >= 11 is 0. The third-order valence-electron chi connectivity index (χ3n) is 4.41. The number of hydrogen-bond donors (Lipinski definition) is 1. The quantitative estimate of drug-likeness (QED) is 0.904. The molecule has 2 aromatic rings. The summed E-state index contributed by atoms with van der Waals surface area (Å²) < 4.78 is 0. The second-order valence-electron chi connectivity index (χ2n) is 6.35. The summed E-state index contributed by atoms with van der Waals surface area (Å²) in [4.78, 5) is 24.7. The maximum Gasteiger partial charge on any atom is 0.227 e. The van der Waals surface area contributed by atoms with E-state index >= 15 is 0 Å². The molecule has 25 heavy (non-hydrogen) atoms. The molecule has 3 rings (SSSR count). The van der Waals surface area contributed by atoms with E-state index in [1.54, 1.807) is 6.92 Å². The monoisotopic (exact) mass is 339 g/mol. The number of carbonyl (C=O) groups excluding carboxylic acids is 1. The molecule has 2 heterocycles. The van der Waals surface area contributed by atoms with Gasteiger partial charge in [-0.1, -0.05) is 30.3 Å². The molecular formula is C19H25N5O. The van der Waals surface area contributed by atoms with E-state index in [0.717, 1.165) is 56.6 Å². The number of rotatable bonds is 5. The van der Waals surface area contributed by atoms with Gasteiger partial charge in [0.05, 0.1) is 0 Å². The highest BCUT2D eigenvalue weighted by Crippen LogP contribution is 2.16. The van der Waals surface area contributed by atoms with Crippen LogP contribution < -0.4 is 10.2 Å². The van der Waals surface area contributed by atoms with Gasteiger partial charge in [0, 0.05) is 51.4 Å². The number of benzene rings is 1. The molecule has 1 amide bonds. The molecule has 0 atom stereocenters. The molecule has 1 aromatic heterocycles. The van der Waals surface area contributed by atoms with Crippen molar-refractivity contribution in [3.8, 4) is 0 Å². The minimum absolute atomic E-state index is 0.132. The molecule has 0 radical (unpaired) electrons. The molecule has 1 fully saturated rings. The van der Waals surface area contributed by atoms with Crippen molar-refractivity contribution >= 4 is 17.7 Å². The lowest BCUT2D eigenvalue weighted by molar-refractivity contribution is -0.129. The molecule has 0 bridgehead atoms. The van der Waals surface area contributed by atoms with Crippen molar-refractivity contribution in [1.82, 2.24) is 14.9 Å². The zero-order valence-corrected chi connectivity index (χ0v) is 14.9. The van der Waals surface area contributed by atoms with E-state index in [0.29, 0.717) is 0 Å². The topological polar surface area (TPSA) is 61.4 Å². The molecular weight excluding hydrogens is 314 g/mol. The van der Waals surface area contributed by atoms with Crippen LogP contribution in [0.4, 0.5) is 11.8 Å². The Labute approximate surface area is 148 Å². The summed E-state index contributed by atoms with van der Waals surface area (Å²) in [6.45, 7) is 7.43. The van der Waals surface area contributed by atoms with Crippen LogP contribution in [-0.4, -0.2) is 53.5 Å². The summed E-state index contributed by atoms with van der Waals surface area (Å²) in [5, 5.41) is 3.40. The first kappa shape index (κ1) is 17.2. The highest BCUT2D eigenvalue weighted by atomic mass is 16.2.